The van der Waals surface area contributed by atoms with Crippen molar-refractivity contribution in [1.29, 1.82) is 0 Å². The van der Waals surface area contributed by atoms with Crippen molar-refractivity contribution < 1.29 is 4.39 Å². The summed E-state index contributed by atoms with van der Waals surface area (Å²) >= 11 is 5.82. The molecule has 0 spiro atoms. The van der Waals surface area contributed by atoms with Gasteiger partial charge in [0.05, 0.1) is 0 Å². The third-order valence-corrected chi connectivity index (χ3v) is 2.65. The summed E-state index contributed by atoms with van der Waals surface area (Å²) in [6.07, 6.45) is 0.901. The van der Waals surface area contributed by atoms with E-state index in [1.165, 1.54) is 6.07 Å². The molecule has 0 amide bonds. The number of benzene rings is 1. The van der Waals surface area contributed by atoms with Gasteiger partial charge in [-0.05, 0) is 45.1 Å². The van der Waals surface area contributed by atoms with Crippen LogP contribution < -0.4 is 5.73 Å². The molecule has 0 aromatic heterocycles. The van der Waals surface area contributed by atoms with E-state index in [-0.39, 0.29) is 11.9 Å². The number of nitrogens with zero attached hydrogens (tertiary/aromatic N) is 1. The molecule has 1 rings (SSSR count). The third kappa shape index (κ3) is 4.47. The van der Waals surface area contributed by atoms with E-state index in [2.05, 4.69) is 0 Å². The number of halogens is 2. The molecule has 0 fully saturated rings. The minimum Gasteiger partial charge on any atom is -0.328 e. The Labute approximate surface area is 101 Å². The van der Waals surface area contributed by atoms with Crippen molar-refractivity contribution in [3.8, 4) is 0 Å². The smallest absolute Gasteiger partial charge is 0.127 e. The molecule has 16 heavy (non-hydrogen) atoms. The van der Waals surface area contributed by atoms with Crippen LogP contribution in [0.3, 0.4) is 0 Å². The minimum absolute atomic E-state index is 0.173. The summed E-state index contributed by atoms with van der Waals surface area (Å²) in [6.45, 7) is 3.37. The summed E-state index contributed by atoms with van der Waals surface area (Å²) in [7, 11) is 1.95. The molecule has 0 saturated carbocycles. The number of nitrogens with two attached hydrogens (primary N) is 1. The summed E-state index contributed by atoms with van der Waals surface area (Å²) in [4.78, 5) is 2.04. The first kappa shape index (κ1) is 13.4. The van der Waals surface area contributed by atoms with Crippen molar-refractivity contribution in [2.45, 2.75) is 25.9 Å². The molecule has 0 bridgehead atoms. The molecule has 4 heteroatoms. The second-order valence-electron chi connectivity index (χ2n) is 4.24. The summed E-state index contributed by atoms with van der Waals surface area (Å²) < 4.78 is 13.4. The van der Waals surface area contributed by atoms with E-state index in [0.29, 0.717) is 17.1 Å². The average molecular weight is 245 g/mol. The maximum absolute atomic E-state index is 13.4. The highest BCUT2D eigenvalue weighted by Crippen LogP contribution is 2.16. The molecular formula is C12H18ClFN2. The second-order valence-corrected chi connectivity index (χ2v) is 4.68. The summed E-state index contributed by atoms with van der Waals surface area (Å²) in [5.41, 5.74) is 6.29. The van der Waals surface area contributed by atoms with E-state index in [4.69, 9.17) is 17.3 Å². The highest BCUT2D eigenvalue weighted by atomic mass is 35.5. The standard InChI is InChI=1S/C12H18ClFN2/c1-9(15)5-6-16(2)8-10-7-11(13)3-4-12(10)14/h3-4,7,9H,5-6,8,15H2,1-2H3. The van der Waals surface area contributed by atoms with Gasteiger partial charge in [0.2, 0.25) is 0 Å². The largest absolute Gasteiger partial charge is 0.328 e. The monoisotopic (exact) mass is 244 g/mol. The van der Waals surface area contributed by atoms with Gasteiger partial charge in [0.1, 0.15) is 5.82 Å². The van der Waals surface area contributed by atoms with E-state index >= 15 is 0 Å². The number of hydrogen-bond donors (Lipinski definition) is 1. The Bertz CT molecular complexity index is 342. The van der Waals surface area contributed by atoms with Crippen LogP contribution in [0.25, 0.3) is 0 Å². The normalized spacial score (nSPS) is 13.1. The molecule has 1 aromatic rings. The predicted molar refractivity (Wildman–Crippen MR) is 66.0 cm³/mol. The van der Waals surface area contributed by atoms with Crippen LogP contribution in [0.1, 0.15) is 18.9 Å². The Hall–Kier alpha value is -0.640. The molecule has 0 aliphatic rings. The molecule has 0 aliphatic carbocycles. The SMILES string of the molecule is CC(N)CCN(C)Cc1cc(Cl)ccc1F. The van der Waals surface area contributed by atoms with Crippen molar-refractivity contribution >= 4 is 11.6 Å². The van der Waals surface area contributed by atoms with Crippen LogP contribution in [0.5, 0.6) is 0 Å². The summed E-state index contributed by atoms with van der Waals surface area (Å²) in [6, 6.07) is 4.80. The van der Waals surface area contributed by atoms with Crippen LogP contribution in [0.15, 0.2) is 18.2 Å². The Kier molecular flexibility index (Phi) is 5.19. The van der Waals surface area contributed by atoms with Gasteiger partial charge < -0.3 is 10.6 Å². The molecular weight excluding hydrogens is 227 g/mol. The molecule has 2 N–H and O–H groups in total. The lowest BCUT2D eigenvalue weighted by molar-refractivity contribution is 0.309. The Morgan fingerprint density at radius 1 is 1.50 bits per heavy atom. The molecule has 0 aliphatic heterocycles. The summed E-state index contributed by atoms with van der Waals surface area (Å²) in [5.74, 6) is -0.211. The molecule has 1 atom stereocenters. The fourth-order valence-electron chi connectivity index (χ4n) is 1.46. The predicted octanol–water partition coefficient (Wildman–Crippen LogP) is 2.65. The van der Waals surface area contributed by atoms with Gasteiger partial charge in [-0.2, -0.15) is 0 Å². The summed E-state index contributed by atoms with van der Waals surface area (Å²) in [5, 5.41) is 0.567. The van der Waals surface area contributed by atoms with Crippen molar-refractivity contribution in [2.24, 2.45) is 5.73 Å². The van der Waals surface area contributed by atoms with Crippen molar-refractivity contribution in [2.75, 3.05) is 13.6 Å². The molecule has 1 unspecified atom stereocenters. The molecule has 0 saturated heterocycles. The van der Waals surface area contributed by atoms with Gasteiger partial charge >= 0.3 is 0 Å². The van der Waals surface area contributed by atoms with Crippen LogP contribution in [-0.2, 0) is 6.54 Å². The van der Waals surface area contributed by atoms with Crippen molar-refractivity contribution in [3.63, 3.8) is 0 Å². The Morgan fingerprint density at radius 3 is 2.81 bits per heavy atom. The number of rotatable bonds is 5. The fraction of sp³-hybridized carbons (Fsp3) is 0.500. The van der Waals surface area contributed by atoms with E-state index < -0.39 is 0 Å². The fourth-order valence-corrected chi connectivity index (χ4v) is 1.65. The molecule has 1 aromatic carbocycles. The van der Waals surface area contributed by atoms with E-state index in [0.717, 1.165) is 13.0 Å². The molecule has 0 radical (unpaired) electrons. The molecule has 0 heterocycles. The molecule has 2 nitrogen and oxygen atoms in total. The zero-order valence-electron chi connectivity index (χ0n) is 9.71. The van der Waals surface area contributed by atoms with Gasteiger partial charge in [0.15, 0.2) is 0 Å². The van der Waals surface area contributed by atoms with Gasteiger partial charge in [-0.3, -0.25) is 0 Å². The minimum atomic E-state index is -0.211. The topological polar surface area (TPSA) is 29.3 Å². The zero-order chi connectivity index (χ0) is 12.1. The van der Waals surface area contributed by atoms with Gasteiger partial charge in [0.25, 0.3) is 0 Å². The van der Waals surface area contributed by atoms with Crippen LogP contribution in [0, 0.1) is 5.82 Å². The van der Waals surface area contributed by atoms with Crippen LogP contribution in [-0.4, -0.2) is 24.5 Å². The second kappa shape index (κ2) is 6.18. The lowest BCUT2D eigenvalue weighted by Crippen LogP contribution is -2.26. The number of hydrogen-bond acceptors (Lipinski definition) is 2. The maximum Gasteiger partial charge on any atom is 0.127 e. The Balaban J connectivity index is 2.55. The van der Waals surface area contributed by atoms with Crippen molar-refractivity contribution in [1.82, 2.24) is 4.90 Å². The van der Waals surface area contributed by atoms with Gasteiger partial charge in [0, 0.05) is 23.2 Å². The average Bonchev–Trinajstić information content (AvgIpc) is 2.20. The van der Waals surface area contributed by atoms with E-state index in [1.54, 1.807) is 12.1 Å². The van der Waals surface area contributed by atoms with Gasteiger partial charge in [-0.1, -0.05) is 11.6 Å². The van der Waals surface area contributed by atoms with Gasteiger partial charge in [-0.15, -0.1) is 0 Å². The van der Waals surface area contributed by atoms with Crippen LogP contribution in [0.2, 0.25) is 5.02 Å². The highest BCUT2D eigenvalue weighted by Gasteiger charge is 2.07. The lowest BCUT2D eigenvalue weighted by atomic mass is 10.2. The lowest BCUT2D eigenvalue weighted by Gasteiger charge is -2.18. The highest BCUT2D eigenvalue weighted by molar-refractivity contribution is 6.30. The van der Waals surface area contributed by atoms with E-state index in [1.807, 2.05) is 18.9 Å². The zero-order valence-corrected chi connectivity index (χ0v) is 10.5. The maximum atomic E-state index is 13.4. The molecule has 90 valence electrons. The first-order valence-corrected chi connectivity index (χ1v) is 5.75. The van der Waals surface area contributed by atoms with Crippen LogP contribution in [0.4, 0.5) is 4.39 Å². The first-order chi connectivity index (χ1) is 7.49. The van der Waals surface area contributed by atoms with Crippen molar-refractivity contribution in [3.05, 3.63) is 34.6 Å². The third-order valence-electron chi connectivity index (χ3n) is 2.41. The van der Waals surface area contributed by atoms with E-state index in [9.17, 15) is 4.39 Å². The first-order valence-electron chi connectivity index (χ1n) is 5.37. The van der Waals surface area contributed by atoms with Crippen LogP contribution >= 0.6 is 11.6 Å². The Morgan fingerprint density at radius 2 is 2.19 bits per heavy atom. The quantitative estimate of drug-likeness (QED) is 0.863. The van der Waals surface area contributed by atoms with Gasteiger partial charge in [-0.25, -0.2) is 4.39 Å².